The summed E-state index contributed by atoms with van der Waals surface area (Å²) < 4.78 is 16.2. The highest BCUT2D eigenvalue weighted by Gasteiger charge is 2.25. The molecule has 0 atom stereocenters. The number of furan rings is 1. The van der Waals surface area contributed by atoms with Crippen LogP contribution in [0.2, 0.25) is 0 Å². The molecule has 0 spiro atoms. The molecule has 120 valence electrons. The van der Waals surface area contributed by atoms with E-state index in [2.05, 4.69) is 11.0 Å². The normalized spacial score (nSPS) is 17.5. The Hall–Kier alpha value is -2.47. The van der Waals surface area contributed by atoms with Gasteiger partial charge in [-0.2, -0.15) is 0 Å². The van der Waals surface area contributed by atoms with Crippen LogP contribution in [0.5, 0.6) is 11.5 Å². The number of amides is 1. The molecule has 1 aromatic heterocycles. The van der Waals surface area contributed by atoms with E-state index in [0.717, 1.165) is 36.7 Å². The molecular formula is C17H18N2O4. The predicted octanol–water partition coefficient (Wildman–Crippen LogP) is 1.97. The van der Waals surface area contributed by atoms with Gasteiger partial charge in [-0.3, -0.25) is 9.69 Å². The fourth-order valence-corrected chi connectivity index (χ4v) is 3.02. The number of benzene rings is 1. The third kappa shape index (κ3) is 2.77. The van der Waals surface area contributed by atoms with Crippen molar-refractivity contribution in [2.24, 2.45) is 0 Å². The van der Waals surface area contributed by atoms with E-state index in [0.29, 0.717) is 18.8 Å². The van der Waals surface area contributed by atoms with Crippen LogP contribution in [0.25, 0.3) is 0 Å². The van der Waals surface area contributed by atoms with E-state index in [1.165, 1.54) is 6.26 Å². The van der Waals surface area contributed by atoms with Crippen LogP contribution < -0.4 is 9.47 Å². The summed E-state index contributed by atoms with van der Waals surface area (Å²) in [5.41, 5.74) is 1.13. The minimum atomic E-state index is -0.0352. The lowest BCUT2D eigenvalue weighted by Crippen LogP contribution is -2.48. The van der Waals surface area contributed by atoms with Gasteiger partial charge in [-0.05, 0) is 18.2 Å². The Labute approximate surface area is 134 Å². The Bertz CT molecular complexity index is 691. The van der Waals surface area contributed by atoms with E-state index < -0.39 is 0 Å². The van der Waals surface area contributed by atoms with Gasteiger partial charge in [-0.1, -0.05) is 12.1 Å². The summed E-state index contributed by atoms with van der Waals surface area (Å²) in [6, 6.07) is 9.42. The largest absolute Gasteiger partial charge is 0.459 e. The molecule has 6 heteroatoms. The molecule has 2 aliphatic rings. The van der Waals surface area contributed by atoms with Gasteiger partial charge in [0, 0.05) is 38.3 Å². The molecule has 0 radical (unpaired) electrons. The van der Waals surface area contributed by atoms with Gasteiger partial charge in [-0.15, -0.1) is 0 Å². The summed E-state index contributed by atoms with van der Waals surface area (Å²) in [7, 11) is 0. The summed E-state index contributed by atoms with van der Waals surface area (Å²) in [6.45, 7) is 4.15. The van der Waals surface area contributed by atoms with Crippen LogP contribution in [0.3, 0.4) is 0 Å². The highest BCUT2D eigenvalue weighted by atomic mass is 16.7. The Morgan fingerprint density at radius 1 is 1.04 bits per heavy atom. The minimum absolute atomic E-state index is 0.0352. The smallest absolute Gasteiger partial charge is 0.289 e. The average molecular weight is 314 g/mol. The fourth-order valence-electron chi connectivity index (χ4n) is 3.02. The van der Waals surface area contributed by atoms with Crippen molar-refractivity contribution in [3.8, 4) is 11.5 Å². The third-order valence-electron chi connectivity index (χ3n) is 4.26. The van der Waals surface area contributed by atoms with Gasteiger partial charge in [-0.25, -0.2) is 0 Å². The first-order chi connectivity index (χ1) is 11.3. The number of para-hydroxylation sites is 1. The molecule has 0 bridgehead atoms. The van der Waals surface area contributed by atoms with E-state index >= 15 is 0 Å². The van der Waals surface area contributed by atoms with Crippen LogP contribution >= 0.6 is 0 Å². The SMILES string of the molecule is O=C(c1ccco1)N1CCN(Cc2cccc3c2OCO3)CC1. The quantitative estimate of drug-likeness (QED) is 0.867. The standard InChI is InChI=1S/C17H18N2O4/c20-17(15-5-2-10-21-15)19-8-6-18(7-9-19)11-13-3-1-4-14-16(13)23-12-22-14/h1-5,10H,6-9,11-12H2. The van der Waals surface area contributed by atoms with Crippen molar-refractivity contribution in [3.63, 3.8) is 0 Å². The lowest BCUT2D eigenvalue weighted by atomic mass is 10.1. The molecule has 23 heavy (non-hydrogen) atoms. The van der Waals surface area contributed by atoms with Crippen LogP contribution in [0.4, 0.5) is 0 Å². The number of piperazine rings is 1. The van der Waals surface area contributed by atoms with Gasteiger partial charge in [0.1, 0.15) is 0 Å². The zero-order chi connectivity index (χ0) is 15.6. The number of hydrogen-bond donors (Lipinski definition) is 0. The maximum atomic E-state index is 12.3. The van der Waals surface area contributed by atoms with E-state index in [-0.39, 0.29) is 12.7 Å². The molecule has 3 heterocycles. The first kappa shape index (κ1) is 14.1. The van der Waals surface area contributed by atoms with Gasteiger partial charge in [0.15, 0.2) is 17.3 Å². The zero-order valence-corrected chi connectivity index (χ0v) is 12.7. The van der Waals surface area contributed by atoms with Crippen molar-refractivity contribution in [2.45, 2.75) is 6.54 Å². The van der Waals surface area contributed by atoms with Crippen molar-refractivity contribution < 1.29 is 18.7 Å². The summed E-state index contributed by atoms with van der Waals surface area (Å²) in [4.78, 5) is 16.4. The van der Waals surface area contributed by atoms with E-state index in [9.17, 15) is 4.79 Å². The number of rotatable bonds is 3. The molecule has 0 N–H and O–H groups in total. The summed E-state index contributed by atoms with van der Waals surface area (Å²) in [5.74, 6) is 2.03. The molecule has 6 nitrogen and oxygen atoms in total. The number of hydrogen-bond acceptors (Lipinski definition) is 5. The van der Waals surface area contributed by atoms with E-state index in [1.807, 2.05) is 17.0 Å². The maximum absolute atomic E-state index is 12.3. The second-order valence-electron chi connectivity index (χ2n) is 5.70. The molecule has 1 fully saturated rings. The average Bonchev–Trinajstić information content (AvgIpc) is 3.27. The van der Waals surface area contributed by atoms with Crippen LogP contribution in [0.1, 0.15) is 16.1 Å². The molecule has 0 unspecified atom stereocenters. The Morgan fingerprint density at radius 2 is 1.91 bits per heavy atom. The lowest BCUT2D eigenvalue weighted by Gasteiger charge is -2.34. The molecule has 2 aromatic rings. The summed E-state index contributed by atoms with van der Waals surface area (Å²) in [5, 5.41) is 0. The highest BCUT2D eigenvalue weighted by molar-refractivity contribution is 5.91. The number of nitrogens with zero attached hydrogens (tertiary/aromatic N) is 2. The van der Waals surface area contributed by atoms with Crippen molar-refractivity contribution in [3.05, 3.63) is 47.9 Å². The van der Waals surface area contributed by atoms with Crippen molar-refractivity contribution in [1.29, 1.82) is 0 Å². The Balaban J connectivity index is 1.37. The maximum Gasteiger partial charge on any atom is 0.289 e. The lowest BCUT2D eigenvalue weighted by molar-refractivity contribution is 0.0596. The first-order valence-electron chi connectivity index (χ1n) is 7.74. The van der Waals surface area contributed by atoms with Crippen molar-refractivity contribution >= 4 is 5.91 Å². The van der Waals surface area contributed by atoms with Crippen LogP contribution in [-0.4, -0.2) is 48.7 Å². The third-order valence-corrected chi connectivity index (χ3v) is 4.26. The fraction of sp³-hybridized carbons (Fsp3) is 0.353. The minimum Gasteiger partial charge on any atom is -0.459 e. The molecule has 1 saturated heterocycles. The number of fused-ring (bicyclic) bond motifs is 1. The van der Waals surface area contributed by atoms with Crippen LogP contribution in [-0.2, 0) is 6.54 Å². The van der Waals surface area contributed by atoms with E-state index in [4.69, 9.17) is 13.9 Å². The topological polar surface area (TPSA) is 55.2 Å². The predicted molar refractivity (Wildman–Crippen MR) is 82.5 cm³/mol. The Kier molecular flexibility index (Phi) is 3.67. The monoisotopic (exact) mass is 314 g/mol. The second-order valence-corrected chi connectivity index (χ2v) is 5.70. The zero-order valence-electron chi connectivity index (χ0n) is 12.7. The van der Waals surface area contributed by atoms with E-state index in [1.54, 1.807) is 12.1 Å². The molecule has 0 aliphatic carbocycles. The summed E-state index contributed by atoms with van der Waals surface area (Å²) in [6.07, 6.45) is 1.53. The van der Waals surface area contributed by atoms with Gasteiger partial charge in [0.05, 0.1) is 6.26 Å². The van der Waals surface area contributed by atoms with Crippen molar-refractivity contribution in [2.75, 3.05) is 33.0 Å². The second kappa shape index (κ2) is 5.96. The van der Waals surface area contributed by atoms with Gasteiger partial charge >= 0.3 is 0 Å². The van der Waals surface area contributed by atoms with Crippen molar-refractivity contribution in [1.82, 2.24) is 9.80 Å². The first-order valence-corrected chi connectivity index (χ1v) is 7.74. The molecule has 4 rings (SSSR count). The molecule has 0 saturated carbocycles. The van der Waals surface area contributed by atoms with Crippen LogP contribution in [0, 0.1) is 0 Å². The van der Waals surface area contributed by atoms with Gasteiger partial charge in [0.2, 0.25) is 6.79 Å². The molecule has 1 aromatic carbocycles. The number of ether oxygens (including phenoxy) is 2. The molecule has 1 amide bonds. The molecule has 2 aliphatic heterocycles. The summed E-state index contributed by atoms with van der Waals surface area (Å²) >= 11 is 0. The van der Waals surface area contributed by atoms with Crippen LogP contribution in [0.15, 0.2) is 41.0 Å². The van der Waals surface area contributed by atoms with Gasteiger partial charge in [0.25, 0.3) is 5.91 Å². The highest BCUT2D eigenvalue weighted by Crippen LogP contribution is 2.36. The number of carbonyl (C=O) groups excluding carboxylic acids is 1. The van der Waals surface area contributed by atoms with Gasteiger partial charge < -0.3 is 18.8 Å². The Morgan fingerprint density at radius 3 is 2.70 bits per heavy atom. The molecular weight excluding hydrogens is 296 g/mol. The number of carbonyl (C=O) groups is 1.